The van der Waals surface area contributed by atoms with E-state index in [-0.39, 0.29) is 30.4 Å². The van der Waals surface area contributed by atoms with E-state index in [0.29, 0.717) is 54.4 Å². The number of fused-ring (bicyclic) bond motifs is 1. The van der Waals surface area contributed by atoms with Gasteiger partial charge in [0, 0.05) is 25.2 Å². The topological polar surface area (TPSA) is 97.0 Å². The zero-order chi connectivity index (χ0) is 22.5. The summed E-state index contributed by atoms with van der Waals surface area (Å²) < 4.78 is 10.6. The van der Waals surface area contributed by atoms with Crippen LogP contribution in [0.5, 0.6) is 11.5 Å². The smallest absolute Gasteiger partial charge is 0.263 e. The number of benzene rings is 1. The molecule has 4 rings (SSSR count). The van der Waals surface area contributed by atoms with Crippen LogP contribution in [0.4, 0.5) is 0 Å². The number of likely N-dealkylation sites (tertiary alicyclic amines) is 1. The Morgan fingerprint density at radius 2 is 1.97 bits per heavy atom. The van der Waals surface area contributed by atoms with Crippen molar-refractivity contribution in [2.45, 2.75) is 18.9 Å². The van der Waals surface area contributed by atoms with Crippen LogP contribution < -0.4 is 20.1 Å². The molecule has 1 aromatic carbocycles. The van der Waals surface area contributed by atoms with E-state index in [0.717, 1.165) is 0 Å². The highest BCUT2D eigenvalue weighted by molar-refractivity contribution is 7.12. The van der Waals surface area contributed by atoms with Crippen molar-refractivity contribution in [3.63, 3.8) is 0 Å². The summed E-state index contributed by atoms with van der Waals surface area (Å²) in [5.41, 5.74) is 0.390. The van der Waals surface area contributed by atoms with E-state index in [1.165, 1.54) is 11.3 Å². The molecule has 0 radical (unpaired) electrons. The Kier molecular flexibility index (Phi) is 6.75. The molecule has 2 aliphatic rings. The van der Waals surface area contributed by atoms with Crippen LogP contribution in [0.1, 0.15) is 32.9 Å². The first-order valence-corrected chi connectivity index (χ1v) is 11.4. The predicted molar refractivity (Wildman–Crippen MR) is 120 cm³/mol. The van der Waals surface area contributed by atoms with Crippen molar-refractivity contribution in [2.75, 3.05) is 26.4 Å². The number of piperidine rings is 1. The molecule has 2 aliphatic heterocycles. The zero-order valence-electron chi connectivity index (χ0n) is 17.5. The van der Waals surface area contributed by atoms with Gasteiger partial charge in [-0.05, 0) is 48.4 Å². The number of hydrogen-bond donors (Lipinski definition) is 2. The van der Waals surface area contributed by atoms with Gasteiger partial charge in [-0.25, -0.2) is 0 Å². The molecule has 1 aromatic heterocycles. The molecular weight excluding hydrogens is 430 g/mol. The molecule has 1 saturated heterocycles. The molecule has 9 heteroatoms. The Balaban J connectivity index is 1.43. The monoisotopic (exact) mass is 455 g/mol. The molecule has 3 heterocycles. The molecule has 1 atom stereocenters. The largest absolute Gasteiger partial charge is 0.454 e. The van der Waals surface area contributed by atoms with Crippen molar-refractivity contribution >= 4 is 29.1 Å². The maximum Gasteiger partial charge on any atom is 0.263 e. The number of ether oxygens (including phenoxy) is 2. The van der Waals surface area contributed by atoms with Crippen LogP contribution in [0.3, 0.4) is 0 Å². The average Bonchev–Trinajstić information content (AvgIpc) is 3.52. The zero-order valence-corrected chi connectivity index (χ0v) is 18.4. The summed E-state index contributed by atoms with van der Waals surface area (Å²) in [6.07, 6.45) is 2.83. The lowest BCUT2D eigenvalue weighted by Crippen LogP contribution is -2.53. The number of nitrogens with one attached hydrogen (secondary N) is 2. The lowest BCUT2D eigenvalue weighted by atomic mass is 9.88. The normalized spacial score (nSPS) is 16.3. The Labute approximate surface area is 190 Å². The average molecular weight is 456 g/mol. The van der Waals surface area contributed by atoms with Gasteiger partial charge in [0.25, 0.3) is 11.8 Å². The second-order valence-electron chi connectivity index (χ2n) is 7.66. The minimum Gasteiger partial charge on any atom is -0.454 e. The fourth-order valence-corrected chi connectivity index (χ4v) is 4.63. The molecule has 0 bridgehead atoms. The van der Waals surface area contributed by atoms with Gasteiger partial charge in [0.15, 0.2) is 11.5 Å². The van der Waals surface area contributed by atoms with Gasteiger partial charge in [0.05, 0.1) is 4.88 Å². The molecular formula is C23H25N3O5S. The summed E-state index contributed by atoms with van der Waals surface area (Å²) in [7, 11) is 0. The second kappa shape index (κ2) is 9.86. The van der Waals surface area contributed by atoms with Crippen LogP contribution in [0.2, 0.25) is 0 Å². The molecule has 32 heavy (non-hydrogen) atoms. The SMILES string of the molecule is C=CCNC(=O)[C@@H](NC(=O)c1ccc2c(c1)OCO2)C1CCN(C(=O)c2cccs2)CC1. The Morgan fingerprint density at radius 1 is 1.19 bits per heavy atom. The third kappa shape index (κ3) is 4.77. The lowest BCUT2D eigenvalue weighted by molar-refractivity contribution is -0.124. The number of thiophene rings is 1. The van der Waals surface area contributed by atoms with Crippen molar-refractivity contribution in [1.29, 1.82) is 0 Å². The van der Waals surface area contributed by atoms with E-state index in [4.69, 9.17) is 9.47 Å². The number of amides is 3. The minimum absolute atomic E-state index is 0.00973. The molecule has 2 N–H and O–H groups in total. The van der Waals surface area contributed by atoms with Crippen LogP contribution in [0, 0.1) is 5.92 Å². The van der Waals surface area contributed by atoms with E-state index < -0.39 is 6.04 Å². The maximum absolute atomic E-state index is 12.9. The third-order valence-corrected chi connectivity index (χ3v) is 6.51. The third-order valence-electron chi connectivity index (χ3n) is 5.65. The molecule has 0 aliphatic carbocycles. The van der Waals surface area contributed by atoms with Crippen LogP contribution in [-0.2, 0) is 4.79 Å². The van der Waals surface area contributed by atoms with Crippen molar-refractivity contribution in [2.24, 2.45) is 5.92 Å². The van der Waals surface area contributed by atoms with Gasteiger partial charge in [0.2, 0.25) is 12.7 Å². The van der Waals surface area contributed by atoms with Gasteiger partial charge in [0.1, 0.15) is 6.04 Å². The summed E-state index contributed by atoms with van der Waals surface area (Å²) in [4.78, 5) is 40.9. The van der Waals surface area contributed by atoms with Crippen molar-refractivity contribution in [1.82, 2.24) is 15.5 Å². The first-order chi connectivity index (χ1) is 15.6. The fourth-order valence-electron chi connectivity index (χ4n) is 3.93. The van der Waals surface area contributed by atoms with Crippen molar-refractivity contribution in [3.05, 3.63) is 58.8 Å². The van der Waals surface area contributed by atoms with Crippen LogP contribution >= 0.6 is 11.3 Å². The lowest BCUT2D eigenvalue weighted by Gasteiger charge is -2.35. The summed E-state index contributed by atoms with van der Waals surface area (Å²) >= 11 is 1.42. The molecule has 2 aromatic rings. The Morgan fingerprint density at radius 3 is 2.69 bits per heavy atom. The summed E-state index contributed by atoms with van der Waals surface area (Å²) in [6.45, 7) is 5.13. The standard InChI is InChI=1S/C23H25N3O5S/c1-2-9-24-22(28)20(25-21(27)16-5-6-17-18(13-16)31-14-30-17)15-7-10-26(11-8-15)23(29)19-4-3-12-32-19/h2-6,12-13,15,20H,1,7-11,14H2,(H,24,28)(H,25,27)/t20-/m0/s1. The molecule has 0 saturated carbocycles. The van der Waals surface area contributed by atoms with E-state index >= 15 is 0 Å². The number of hydrogen-bond acceptors (Lipinski definition) is 6. The second-order valence-corrected chi connectivity index (χ2v) is 8.61. The van der Waals surface area contributed by atoms with Gasteiger partial charge in [-0.3, -0.25) is 14.4 Å². The van der Waals surface area contributed by atoms with Crippen LogP contribution in [0.15, 0.2) is 48.4 Å². The van der Waals surface area contributed by atoms with Crippen molar-refractivity contribution in [3.8, 4) is 11.5 Å². The van der Waals surface area contributed by atoms with Gasteiger partial charge < -0.3 is 25.0 Å². The maximum atomic E-state index is 12.9. The fraction of sp³-hybridized carbons (Fsp3) is 0.348. The van der Waals surface area contributed by atoms with Crippen LogP contribution in [0.25, 0.3) is 0 Å². The summed E-state index contributed by atoms with van der Waals surface area (Å²) in [5, 5.41) is 7.56. The van der Waals surface area contributed by atoms with E-state index in [2.05, 4.69) is 17.2 Å². The predicted octanol–water partition coefficient (Wildman–Crippen LogP) is 2.43. The summed E-state index contributed by atoms with van der Waals surface area (Å²) in [6, 6.07) is 7.89. The first kappa shape index (κ1) is 21.9. The highest BCUT2D eigenvalue weighted by Crippen LogP contribution is 2.32. The van der Waals surface area contributed by atoms with Gasteiger partial charge in [-0.2, -0.15) is 0 Å². The minimum atomic E-state index is -0.716. The van der Waals surface area contributed by atoms with E-state index in [1.807, 2.05) is 17.5 Å². The summed E-state index contributed by atoms with van der Waals surface area (Å²) in [5.74, 6) is 0.386. The molecule has 168 valence electrons. The molecule has 0 spiro atoms. The number of rotatable bonds is 7. The van der Waals surface area contributed by atoms with Gasteiger partial charge in [-0.15, -0.1) is 17.9 Å². The molecule has 1 fully saturated rings. The highest BCUT2D eigenvalue weighted by Gasteiger charge is 2.34. The molecule has 8 nitrogen and oxygen atoms in total. The number of carbonyl (C=O) groups excluding carboxylic acids is 3. The highest BCUT2D eigenvalue weighted by atomic mass is 32.1. The van der Waals surface area contributed by atoms with Gasteiger partial charge >= 0.3 is 0 Å². The number of carbonyl (C=O) groups is 3. The van der Waals surface area contributed by atoms with E-state index in [9.17, 15) is 14.4 Å². The first-order valence-electron chi connectivity index (χ1n) is 10.5. The Hall–Kier alpha value is -3.33. The van der Waals surface area contributed by atoms with E-state index in [1.54, 1.807) is 29.2 Å². The Bertz CT molecular complexity index is 999. The van der Waals surface area contributed by atoms with Gasteiger partial charge in [-0.1, -0.05) is 12.1 Å². The van der Waals surface area contributed by atoms with Crippen molar-refractivity contribution < 1.29 is 23.9 Å². The molecule has 0 unspecified atom stereocenters. The van der Waals surface area contributed by atoms with Crippen LogP contribution in [-0.4, -0.2) is 55.1 Å². The quantitative estimate of drug-likeness (QED) is 0.625. The molecule has 3 amide bonds. The number of nitrogens with zero attached hydrogens (tertiary/aromatic N) is 1.